The zero-order valence-electron chi connectivity index (χ0n) is 11.2. The van der Waals surface area contributed by atoms with E-state index < -0.39 is 0 Å². The van der Waals surface area contributed by atoms with Crippen LogP contribution in [0.5, 0.6) is 0 Å². The predicted octanol–water partition coefficient (Wildman–Crippen LogP) is 1.22. The van der Waals surface area contributed by atoms with Crippen LogP contribution in [-0.2, 0) is 6.42 Å². The van der Waals surface area contributed by atoms with E-state index in [1.807, 2.05) is 6.07 Å². The van der Waals surface area contributed by atoms with E-state index in [0.717, 1.165) is 5.56 Å². The summed E-state index contributed by atoms with van der Waals surface area (Å²) in [5.41, 5.74) is 0.770. The highest BCUT2D eigenvalue weighted by atomic mass is 35.5. The van der Waals surface area contributed by atoms with E-state index >= 15 is 0 Å². The van der Waals surface area contributed by atoms with Gasteiger partial charge in [-0.15, -0.1) is 0 Å². The standard InChI is InChI=1S/C13H15ClN4O3/c14-10-3-1-2-9(8-10)12-17-11(21-18-12)4-5-15-13(20)16-6-7-19/h1-3,8,19H,4-7H2,(H2,15,16,20). The summed E-state index contributed by atoms with van der Waals surface area (Å²) in [7, 11) is 0. The Labute approximate surface area is 126 Å². The van der Waals surface area contributed by atoms with Crippen molar-refractivity contribution in [3.8, 4) is 11.4 Å². The summed E-state index contributed by atoms with van der Waals surface area (Å²) in [5, 5.41) is 18.1. The molecule has 0 aliphatic rings. The van der Waals surface area contributed by atoms with Crippen molar-refractivity contribution >= 4 is 17.6 Å². The minimum Gasteiger partial charge on any atom is -0.395 e. The van der Waals surface area contributed by atoms with Crippen molar-refractivity contribution in [1.82, 2.24) is 20.8 Å². The van der Waals surface area contributed by atoms with E-state index in [9.17, 15) is 4.79 Å². The van der Waals surface area contributed by atoms with Crippen molar-refractivity contribution in [3.05, 3.63) is 35.2 Å². The van der Waals surface area contributed by atoms with Crippen LogP contribution in [0.15, 0.2) is 28.8 Å². The number of hydrogen-bond donors (Lipinski definition) is 3. The largest absolute Gasteiger partial charge is 0.395 e. The quantitative estimate of drug-likeness (QED) is 0.745. The Hall–Kier alpha value is -2.12. The fraction of sp³-hybridized carbons (Fsp3) is 0.308. The molecule has 0 aliphatic carbocycles. The van der Waals surface area contributed by atoms with E-state index in [4.69, 9.17) is 21.2 Å². The number of halogens is 1. The van der Waals surface area contributed by atoms with Gasteiger partial charge in [0, 0.05) is 30.1 Å². The highest BCUT2D eigenvalue weighted by molar-refractivity contribution is 6.30. The molecule has 2 aromatic rings. The fourth-order valence-electron chi connectivity index (χ4n) is 1.62. The second kappa shape index (κ2) is 7.61. The van der Waals surface area contributed by atoms with Crippen LogP contribution in [0.25, 0.3) is 11.4 Å². The van der Waals surface area contributed by atoms with Gasteiger partial charge < -0.3 is 20.3 Å². The molecule has 3 N–H and O–H groups in total. The molecule has 0 fully saturated rings. The third-order valence-electron chi connectivity index (χ3n) is 2.57. The summed E-state index contributed by atoms with van der Waals surface area (Å²) in [4.78, 5) is 15.5. The van der Waals surface area contributed by atoms with E-state index in [-0.39, 0.29) is 19.2 Å². The maximum absolute atomic E-state index is 11.2. The number of nitrogens with one attached hydrogen (secondary N) is 2. The van der Waals surface area contributed by atoms with Crippen molar-refractivity contribution in [2.45, 2.75) is 6.42 Å². The third-order valence-corrected chi connectivity index (χ3v) is 2.81. The van der Waals surface area contributed by atoms with Gasteiger partial charge in [0.1, 0.15) is 0 Å². The lowest BCUT2D eigenvalue weighted by atomic mass is 10.2. The molecule has 1 aromatic carbocycles. The Morgan fingerprint density at radius 3 is 2.90 bits per heavy atom. The van der Waals surface area contributed by atoms with Gasteiger partial charge in [-0.2, -0.15) is 4.98 Å². The highest BCUT2D eigenvalue weighted by Gasteiger charge is 2.09. The van der Waals surface area contributed by atoms with E-state index in [2.05, 4.69) is 20.8 Å². The maximum Gasteiger partial charge on any atom is 0.314 e. The number of nitrogens with zero attached hydrogens (tertiary/aromatic N) is 2. The number of aromatic nitrogens is 2. The molecular weight excluding hydrogens is 296 g/mol. The van der Waals surface area contributed by atoms with Crippen LogP contribution >= 0.6 is 11.6 Å². The molecule has 0 spiro atoms. The first-order valence-electron chi connectivity index (χ1n) is 6.40. The van der Waals surface area contributed by atoms with Crippen LogP contribution in [0, 0.1) is 0 Å². The van der Waals surface area contributed by atoms with Gasteiger partial charge in [0.25, 0.3) is 0 Å². The molecule has 0 atom stereocenters. The summed E-state index contributed by atoms with van der Waals surface area (Å²) in [5.74, 6) is 0.879. The monoisotopic (exact) mass is 310 g/mol. The number of benzene rings is 1. The minimum absolute atomic E-state index is 0.0971. The summed E-state index contributed by atoms with van der Waals surface area (Å²) in [6.07, 6.45) is 0.417. The molecular formula is C13H15ClN4O3. The maximum atomic E-state index is 11.2. The van der Waals surface area contributed by atoms with Crippen LogP contribution in [0.1, 0.15) is 5.89 Å². The third kappa shape index (κ3) is 4.73. The number of urea groups is 1. The number of carbonyl (C=O) groups excluding carboxylic acids is 1. The van der Waals surface area contributed by atoms with Crippen molar-refractivity contribution in [2.24, 2.45) is 0 Å². The van der Waals surface area contributed by atoms with Gasteiger partial charge in [-0.25, -0.2) is 4.79 Å². The summed E-state index contributed by atoms with van der Waals surface area (Å²) >= 11 is 5.90. The van der Waals surface area contributed by atoms with E-state index in [1.54, 1.807) is 18.2 Å². The van der Waals surface area contributed by atoms with Crippen molar-refractivity contribution < 1.29 is 14.4 Å². The van der Waals surface area contributed by atoms with Crippen LogP contribution in [0.4, 0.5) is 4.79 Å². The molecule has 21 heavy (non-hydrogen) atoms. The number of hydrogen-bond acceptors (Lipinski definition) is 5. The average Bonchev–Trinajstić information content (AvgIpc) is 2.94. The summed E-state index contributed by atoms with van der Waals surface area (Å²) in [6, 6.07) is 6.80. The van der Waals surface area contributed by atoms with Gasteiger partial charge in [-0.05, 0) is 12.1 Å². The molecule has 8 heteroatoms. The Balaban J connectivity index is 1.85. The first kappa shape index (κ1) is 15.3. The SMILES string of the molecule is O=C(NCCO)NCCc1nc(-c2cccc(Cl)c2)no1. The Morgan fingerprint density at radius 2 is 2.14 bits per heavy atom. The van der Waals surface area contributed by atoms with Crippen molar-refractivity contribution in [1.29, 1.82) is 0 Å². The van der Waals surface area contributed by atoms with E-state index in [0.29, 0.717) is 29.7 Å². The van der Waals surface area contributed by atoms with Crippen molar-refractivity contribution in [3.63, 3.8) is 0 Å². The molecule has 0 saturated heterocycles. The predicted molar refractivity (Wildman–Crippen MR) is 76.9 cm³/mol. The van der Waals surface area contributed by atoms with Crippen LogP contribution in [0.3, 0.4) is 0 Å². The Bertz CT molecular complexity index is 603. The molecule has 0 saturated carbocycles. The van der Waals surface area contributed by atoms with Crippen molar-refractivity contribution in [2.75, 3.05) is 19.7 Å². The Morgan fingerprint density at radius 1 is 1.33 bits per heavy atom. The van der Waals surface area contributed by atoms with Gasteiger partial charge in [-0.1, -0.05) is 28.9 Å². The molecule has 112 valence electrons. The molecule has 1 heterocycles. The lowest BCUT2D eigenvalue weighted by Gasteiger charge is -2.04. The number of aliphatic hydroxyl groups is 1. The zero-order valence-corrected chi connectivity index (χ0v) is 11.9. The highest BCUT2D eigenvalue weighted by Crippen LogP contribution is 2.19. The van der Waals surface area contributed by atoms with E-state index in [1.165, 1.54) is 0 Å². The summed E-state index contributed by atoms with van der Waals surface area (Å²) in [6.45, 7) is 0.472. The lowest BCUT2D eigenvalue weighted by Crippen LogP contribution is -2.37. The lowest BCUT2D eigenvalue weighted by molar-refractivity contribution is 0.234. The van der Waals surface area contributed by atoms with Gasteiger partial charge >= 0.3 is 6.03 Å². The second-order valence-corrected chi connectivity index (χ2v) is 4.61. The van der Waals surface area contributed by atoms with Crippen LogP contribution < -0.4 is 10.6 Å². The first-order valence-corrected chi connectivity index (χ1v) is 6.78. The van der Waals surface area contributed by atoms with Gasteiger partial charge in [-0.3, -0.25) is 0 Å². The zero-order chi connectivity index (χ0) is 15.1. The molecule has 2 amide bonds. The molecule has 0 bridgehead atoms. The van der Waals surface area contributed by atoms with Crippen LogP contribution in [0.2, 0.25) is 5.02 Å². The molecule has 7 nitrogen and oxygen atoms in total. The van der Waals surface area contributed by atoms with Crippen LogP contribution in [-0.4, -0.2) is 41.0 Å². The second-order valence-electron chi connectivity index (χ2n) is 4.18. The molecule has 0 aliphatic heterocycles. The topological polar surface area (TPSA) is 100 Å². The number of carbonyl (C=O) groups is 1. The number of rotatable bonds is 6. The molecule has 0 unspecified atom stereocenters. The minimum atomic E-state index is -0.348. The van der Waals surface area contributed by atoms with Gasteiger partial charge in [0.15, 0.2) is 0 Å². The first-order chi connectivity index (χ1) is 10.2. The molecule has 2 rings (SSSR count). The Kier molecular flexibility index (Phi) is 5.53. The fourth-order valence-corrected chi connectivity index (χ4v) is 1.81. The summed E-state index contributed by atoms with van der Waals surface area (Å²) < 4.78 is 5.11. The average molecular weight is 311 g/mol. The number of amides is 2. The smallest absolute Gasteiger partial charge is 0.314 e. The number of aliphatic hydroxyl groups excluding tert-OH is 1. The van der Waals surface area contributed by atoms with Gasteiger partial charge in [0.2, 0.25) is 11.7 Å². The molecule has 0 radical (unpaired) electrons. The normalized spacial score (nSPS) is 10.4. The molecule has 1 aromatic heterocycles. The van der Waals surface area contributed by atoms with Gasteiger partial charge in [0.05, 0.1) is 6.61 Å².